The Kier molecular flexibility index (Phi) is 6.36. The van der Waals surface area contributed by atoms with Crippen molar-refractivity contribution in [2.75, 3.05) is 19.3 Å². The summed E-state index contributed by atoms with van der Waals surface area (Å²) in [5, 5.41) is 13.4. The maximum Gasteiger partial charge on any atom is 0.211 e. The van der Waals surface area contributed by atoms with Crippen LogP contribution in [0.3, 0.4) is 0 Å². The SMILES string of the molecule is C=CO/C(=C\C)CN(CC(C)(O)Cn1c2ccccc2c2ccccc21)S(C)(=O)=O. The summed E-state index contributed by atoms with van der Waals surface area (Å²) in [6, 6.07) is 16.0. The van der Waals surface area contributed by atoms with Crippen LogP contribution in [-0.4, -0.2) is 47.3 Å². The Morgan fingerprint density at radius 2 is 1.70 bits per heavy atom. The van der Waals surface area contributed by atoms with E-state index >= 15 is 0 Å². The third-order valence-corrected chi connectivity index (χ3v) is 6.25. The number of para-hydroxylation sites is 2. The number of allylic oxidation sites excluding steroid dienone is 1. The normalized spacial score (nSPS) is 14.9. The molecule has 7 heteroatoms. The van der Waals surface area contributed by atoms with Crippen LogP contribution in [0.5, 0.6) is 0 Å². The molecular weight excluding hydrogens is 400 g/mol. The van der Waals surface area contributed by atoms with Gasteiger partial charge in [-0.1, -0.05) is 43.0 Å². The second kappa shape index (κ2) is 8.63. The minimum Gasteiger partial charge on any atom is -0.469 e. The molecule has 0 saturated carbocycles. The van der Waals surface area contributed by atoms with Gasteiger partial charge in [0.2, 0.25) is 10.0 Å². The van der Waals surface area contributed by atoms with Crippen LogP contribution >= 0.6 is 0 Å². The zero-order valence-electron chi connectivity index (χ0n) is 17.6. The Morgan fingerprint density at radius 3 is 2.17 bits per heavy atom. The fourth-order valence-electron chi connectivity index (χ4n) is 3.71. The molecule has 0 spiro atoms. The van der Waals surface area contributed by atoms with E-state index in [4.69, 9.17) is 4.74 Å². The predicted molar refractivity (Wildman–Crippen MR) is 122 cm³/mol. The van der Waals surface area contributed by atoms with Crippen molar-refractivity contribution in [3.8, 4) is 0 Å². The quantitative estimate of drug-likeness (QED) is 0.525. The number of hydrogen-bond donors (Lipinski definition) is 1. The first kappa shape index (κ1) is 22.1. The highest BCUT2D eigenvalue weighted by Gasteiger charge is 2.31. The monoisotopic (exact) mass is 428 g/mol. The van der Waals surface area contributed by atoms with Gasteiger partial charge in [0.05, 0.1) is 31.2 Å². The smallest absolute Gasteiger partial charge is 0.211 e. The minimum atomic E-state index is -3.58. The van der Waals surface area contributed by atoms with Crippen molar-refractivity contribution in [1.29, 1.82) is 0 Å². The zero-order valence-corrected chi connectivity index (χ0v) is 18.4. The summed E-state index contributed by atoms with van der Waals surface area (Å²) in [6.45, 7) is 7.10. The minimum absolute atomic E-state index is 0.0185. The molecule has 0 bridgehead atoms. The van der Waals surface area contributed by atoms with Gasteiger partial charge in [-0.15, -0.1) is 0 Å². The van der Waals surface area contributed by atoms with Crippen LogP contribution in [0.2, 0.25) is 0 Å². The van der Waals surface area contributed by atoms with Gasteiger partial charge in [-0.2, -0.15) is 4.31 Å². The third-order valence-electron chi connectivity index (χ3n) is 5.05. The first-order chi connectivity index (χ1) is 14.2. The summed E-state index contributed by atoms with van der Waals surface area (Å²) >= 11 is 0. The molecule has 6 nitrogen and oxygen atoms in total. The van der Waals surface area contributed by atoms with Gasteiger partial charge in [-0.05, 0) is 32.1 Å². The second-order valence-corrected chi connectivity index (χ2v) is 9.67. The Hall–Kier alpha value is -2.61. The van der Waals surface area contributed by atoms with E-state index in [0.717, 1.165) is 28.1 Å². The fourth-order valence-corrected chi connectivity index (χ4v) is 4.59. The molecule has 1 unspecified atom stereocenters. The van der Waals surface area contributed by atoms with E-state index in [-0.39, 0.29) is 19.6 Å². The molecule has 0 saturated heterocycles. The molecule has 1 heterocycles. The number of ether oxygens (including phenoxy) is 1. The Balaban J connectivity index is 1.96. The van der Waals surface area contributed by atoms with E-state index in [1.807, 2.05) is 41.0 Å². The lowest BCUT2D eigenvalue weighted by Gasteiger charge is -2.31. The molecule has 30 heavy (non-hydrogen) atoms. The molecule has 0 aliphatic heterocycles. The summed E-state index contributed by atoms with van der Waals surface area (Å²) in [7, 11) is -3.58. The molecule has 1 aromatic heterocycles. The highest BCUT2D eigenvalue weighted by Crippen LogP contribution is 2.30. The van der Waals surface area contributed by atoms with Crippen LogP contribution in [-0.2, 0) is 21.3 Å². The van der Waals surface area contributed by atoms with Gasteiger partial charge < -0.3 is 14.4 Å². The first-order valence-corrected chi connectivity index (χ1v) is 11.6. The van der Waals surface area contributed by atoms with Gasteiger partial charge in [0.15, 0.2) is 0 Å². The summed E-state index contributed by atoms with van der Waals surface area (Å²) in [4.78, 5) is 0. The molecule has 3 aromatic rings. The van der Waals surface area contributed by atoms with Crippen LogP contribution in [0.25, 0.3) is 21.8 Å². The second-order valence-electron chi connectivity index (χ2n) is 7.69. The molecule has 0 fully saturated rings. The van der Waals surface area contributed by atoms with Crippen molar-refractivity contribution in [2.45, 2.75) is 26.0 Å². The number of fused-ring (bicyclic) bond motifs is 3. The molecule has 0 aliphatic carbocycles. The maximum absolute atomic E-state index is 12.4. The highest BCUT2D eigenvalue weighted by atomic mass is 32.2. The maximum atomic E-state index is 12.4. The van der Waals surface area contributed by atoms with Crippen molar-refractivity contribution < 1.29 is 18.3 Å². The Morgan fingerprint density at radius 1 is 1.17 bits per heavy atom. The predicted octanol–water partition coefficient (Wildman–Crippen LogP) is 3.87. The van der Waals surface area contributed by atoms with Gasteiger partial charge in [0.1, 0.15) is 5.76 Å². The number of nitrogens with zero attached hydrogens (tertiary/aromatic N) is 2. The summed E-state index contributed by atoms with van der Waals surface area (Å²) in [5.74, 6) is 0.447. The number of aliphatic hydroxyl groups is 1. The molecule has 3 rings (SSSR count). The van der Waals surface area contributed by atoms with Crippen LogP contribution in [0, 0.1) is 0 Å². The molecule has 2 aromatic carbocycles. The molecule has 160 valence electrons. The number of benzene rings is 2. The van der Waals surface area contributed by atoms with E-state index in [2.05, 4.69) is 18.7 Å². The lowest BCUT2D eigenvalue weighted by Crippen LogP contribution is -2.46. The molecule has 0 aliphatic rings. The molecule has 0 radical (unpaired) electrons. The number of aromatic nitrogens is 1. The van der Waals surface area contributed by atoms with E-state index in [9.17, 15) is 13.5 Å². The van der Waals surface area contributed by atoms with E-state index < -0.39 is 15.6 Å². The summed E-state index contributed by atoms with van der Waals surface area (Å²) in [5.41, 5.74) is 0.670. The highest BCUT2D eigenvalue weighted by molar-refractivity contribution is 7.88. The standard InChI is InChI=1S/C23H28N2O4S/c1-5-18(29-6-2)15-24(30(4,27)28)16-23(3,26)17-25-21-13-9-7-11-19(21)20-12-8-10-14-22(20)25/h5-14,26H,2,15-17H2,1,3-4H3/b18-5-. The van der Waals surface area contributed by atoms with Gasteiger partial charge >= 0.3 is 0 Å². The topological polar surface area (TPSA) is 71.8 Å². The fraction of sp³-hybridized carbons (Fsp3) is 0.304. The van der Waals surface area contributed by atoms with Gasteiger partial charge in [0, 0.05) is 28.4 Å². The van der Waals surface area contributed by atoms with Crippen LogP contribution in [0.4, 0.5) is 0 Å². The van der Waals surface area contributed by atoms with Crippen LogP contribution in [0.1, 0.15) is 13.8 Å². The number of rotatable bonds is 9. The zero-order chi connectivity index (χ0) is 21.9. The van der Waals surface area contributed by atoms with Crippen LogP contribution < -0.4 is 0 Å². The van der Waals surface area contributed by atoms with Crippen molar-refractivity contribution in [2.24, 2.45) is 0 Å². The molecular formula is C23H28N2O4S. The molecule has 0 amide bonds. The molecule has 1 N–H and O–H groups in total. The largest absolute Gasteiger partial charge is 0.469 e. The Labute approximate surface area is 177 Å². The van der Waals surface area contributed by atoms with Crippen molar-refractivity contribution in [3.63, 3.8) is 0 Å². The van der Waals surface area contributed by atoms with E-state index in [0.29, 0.717) is 5.76 Å². The van der Waals surface area contributed by atoms with Gasteiger partial charge in [-0.3, -0.25) is 0 Å². The van der Waals surface area contributed by atoms with Crippen molar-refractivity contribution >= 4 is 31.8 Å². The number of sulfonamides is 1. The van der Waals surface area contributed by atoms with Crippen molar-refractivity contribution in [1.82, 2.24) is 8.87 Å². The lowest BCUT2D eigenvalue weighted by molar-refractivity contribution is 0.0261. The van der Waals surface area contributed by atoms with Crippen LogP contribution in [0.15, 0.2) is 73.2 Å². The average molecular weight is 429 g/mol. The van der Waals surface area contributed by atoms with E-state index in [1.54, 1.807) is 19.9 Å². The summed E-state index contributed by atoms with van der Waals surface area (Å²) < 4.78 is 33.3. The lowest BCUT2D eigenvalue weighted by atomic mass is 10.1. The molecule has 1 atom stereocenters. The van der Waals surface area contributed by atoms with Gasteiger partial charge in [0.25, 0.3) is 0 Å². The average Bonchev–Trinajstić information content (AvgIpc) is 3.00. The first-order valence-electron chi connectivity index (χ1n) is 9.72. The Bertz CT molecular complexity index is 1140. The number of hydrogen-bond acceptors (Lipinski definition) is 4. The third kappa shape index (κ3) is 4.75. The van der Waals surface area contributed by atoms with E-state index in [1.165, 1.54) is 10.6 Å². The van der Waals surface area contributed by atoms with Gasteiger partial charge in [-0.25, -0.2) is 8.42 Å². The van der Waals surface area contributed by atoms with Crippen molar-refractivity contribution in [3.05, 3.63) is 73.2 Å². The summed E-state index contributed by atoms with van der Waals surface area (Å²) in [6.07, 6.45) is 4.07.